The topological polar surface area (TPSA) is 25.8 Å². The molecule has 7 aromatic rings. The van der Waals surface area contributed by atoms with Crippen LogP contribution in [-0.2, 0) is 0 Å². The SMILES string of the molecule is Cc1cncc(-c2ccc(-c3c4ccccc4c(-c4cccc(-c5cc(C)ccn5)c4)c4ccccc34)cc2)c1. The van der Waals surface area contributed by atoms with E-state index in [1.807, 2.05) is 24.7 Å². The molecule has 0 saturated carbocycles. The number of nitrogens with zero attached hydrogens (tertiary/aromatic N) is 2. The molecule has 7 rings (SSSR count). The van der Waals surface area contributed by atoms with E-state index in [0.717, 1.165) is 22.4 Å². The zero-order chi connectivity index (χ0) is 27.1. The highest BCUT2D eigenvalue weighted by Gasteiger charge is 2.17. The van der Waals surface area contributed by atoms with Crippen molar-refractivity contribution in [3.05, 3.63) is 145 Å². The fourth-order valence-electron chi connectivity index (χ4n) is 5.82. The van der Waals surface area contributed by atoms with E-state index < -0.39 is 0 Å². The van der Waals surface area contributed by atoms with E-state index in [4.69, 9.17) is 0 Å². The standard InChI is InChI=1S/C38H28N2/c1-25-18-19-40-36(21-25)29-8-7-9-30(22-29)38-34-12-5-3-10-32(34)37(33-11-4-6-13-35(33)38)28-16-14-27(15-17-28)31-20-26(2)23-39-24-31/h3-24H,1-2H3. The second kappa shape index (κ2) is 9.91. The Morgan fingerprint density at radius 2 is 1.02 bits per heavy atom. The van der Waals surface area contributed by atoms with Gasteiger partial charge in [0.25, 0.3) is 0 Å². The molecule has 2 aromatic heterocycles. The van der Waals surface area contributed by atoms with Crippen LogP contribution in [0.5, 0.6) is 0 Å². The molecule has 0 aliphatic heterocycles. The predicted octanol–water partition coefficient (Wildman–Crippen LogP) is 10.1. The van der Waals surface area contributed by atoms with Crippen molar-refractivity contribution in [2.75, 3.05) is 0 Å². The van der Waals surface area contributed by atoms with E-state index in [1.165, 1.54) is 54.9 Å². The van der Waals surface area contributed by atoms with Crippen LogP contribution >= 0.6 is 0 Å². The quantitative estimate of drug-likeness (QED) is 0.219. The summed E-state index contributed by atoms with van der Waals surface area (Å²) in [7, 11) is 0. The third-order valence-corrected chi connectivity index (χ3v) is 7.68. The third kappa shape index (κ3) is 4.24. The number of hydrogen-bond acceptors (Lipinski definition) is 2. The fraction of sp³-hybridized carbons (Fsp3) is 0.0526. The molecule has 0 fully saturated rings. The zero-order valence-corrected chi connectivity index (χ0v) is 22.6. The number of aromatic nitrogens is 2. The lowest BCUT2D eigenvalue weighted by molar-refractivity contribution is 1.27. The molecular formula is C38H28N2. The molecule has 0 spiro atoms. The first-order chi connectivity index (χ1) is 19.7. The Bertz CT molecular complexity index is 1960. The van der Waals surface area contributed by atoms with Crippen LogP contribution in [0.25, 0.3) is 66.2 Å². The van der Waals surface area contributed by atoms with E-state index in [9.17, 15) is 0 Å². The summed E-state index contributed by atoms with van der Waals surface area (Å²) in [6.07, 6.45) is 5.71. The van der Waals surface area contributed by atoms with Gasteiger partial charge in [-0.05, 0) is 98.6 Å². The van der Waals surface area contributed by atoms with Crippen molar-refractivity contribution in [3.8, 4) is 44.6 Å². The maximum atomic E-state index is 4.65. The maximum absolute atomic E-state index is 4.65. The molecule has 0 aliphatic rings. The van der Waals surface area contributed by atoms with Gasteiger partial charge in [0.15, 0.2) is 0 Å². The van der Waals surface area contributed by atoms with Gasteiger partial charge in [-0.1, -0.05) is 91.0 Å². The molecule has 0 amide bonds. The molecule has 0 atom stereocenters. The normalized spacial score (nSPS) is 11.2. The van der Waals surface area contributed by atoms with E-state index in [0.29, 0.717) is 0 Å². The van der Waals surface area contributed by atoms with Gasteiger partial charge in [-0.25, -0.2) is 0 Å². The summed E-state index contributed by atoms with van der Waals surface area (Å²) < 4.78 is 0. The predicted molar refractivity (Wildman–Crippen MR) is 168 cm³/mol. The Kier molecular flexibility index (Phi) is 5.94. The van der Waals surface area contributed by atoms with Gasteiger partial charge in [-0.2, -0.15) is 0 Å². The lowest BCUT2D eigenvalue weighted by atomic mass is 9.85. The Morgan fingerprint density at radius 3 is 1.65 bits per heavy atom. The number of rotatable bonds is 4. The summed E-state index contributed by atoms with van der Waals surface area (Å²) in [6.45, 7) is 4.19. The lowest BCUT2D eigenvalue weighted by Gasteiger charge is -2.18. The zero-order valence-electron chi connectivity index (χ0n) is 22.6. The number of hydrogen-bond donors (Lipinski definition) is 0. The van der Waals surface area contributed by atoms with Crippen molar-refractivity contribution < 1.29 is 0 Å². The monoisotopic (exact) mass is 512 g/mol. The molecule has 2 heterocycles. The molecular weight excluding hydrogens is 484 g/mol. The Morgan fingerprint density at radius 1 is 0.425 bits per heavy atom. The van der Waals surface area contributed by atoms with Crippen molar-refractivity contribution >= 4 is 21.5 Å². The van der Waals surface area contributed by atoms with Crippen molar-refractivity contribution in [2.24, 2.45) is 0 Å². The summed E-state index contributed by atoms with van der Waals surface area (Å²) in [4.78, 5) is 9.04. The minimum absolute atomic E-state index is 0.996. The number of benzene rings is 5. The van der Waals surface area contributed by atoms with Crippen LogP contribution in [0.2, 0.25) is 0 Å². The van der Waals surface area contributed by atoms with Gasteiger partial charge in [0.1, 0.15) is 0 Å². The number of fused-ring (bicyclic) bond motifs is 2. The van der Waals surface area contributed by atoms with Gasteiger partial charge >= 0.3 is 0 Å². The molecule has 0 radical (unpaired) electrons. The van der Waals surface area contributed by atoms with Gasteiger partial charge < -0.3 is 0 Å². The van der Waals surface area contributed by atoms with Crippen molar-refractivity contribution in [1.29, 1.82) is 0 Å². The summed E-state index contributed by atoms with van der Waals surface area (Å²) in [5, 5.41) is 5.00. The van der Waals surface area contributed by atoms with Crippen LogP contribution in [0, 0.1) is 13.8 Å². The van der Waals surface area contributed by atoms with Gasteiger partial charge in [0.2, 0.25) is 0 Å². The molecule has 40 heavy (non-hydrogen) atoms. The van der Waals surface area contributed by atoms with Crippen LogP contribution in [0.3, 0.4) is 0 Å². The van der Waals surface area contributed by atoms with E-state index >= 15 is 0 Å². The number of pyridine rings is 2. The fourth-order valence-corrected chi connectivity index (χ4v) is 5.82. The van der Waals surface area contributed by atoms with Crippen molar-refractivity contribution in [2.45, 2.75) is 13.8 Å². The number of aryl methyl sites for hydroxylation is 2. The van der Waals surface area contributed by atoms with Crippen LogP contribution in [0.1, 0.15) is 11.1 Å². The van der Waals surface area contributed by atoms with Gasteiger partial charge in [0, 0.05) is 29.7 Å². The van der Waals surface area contributed by atoms with Crippen molar-refractivity contribution in [3.63, 3.8) is 0 Å². The Balaban J connectivity index is 1.45. The third-order valence-electron chi connectivity index (χ3n) is 7.68. The lowest BCUT2D eigenvalue weighted by Crippen LogP contribution is -1.92. The first-order valence-electron chi connectivity index (χ1n) is 13.6. The molecule has 2 nitrogen and oxygen atoms in total. The van der Waals surface area contributed by atoms with Crippen LogP contribution < -0.4 is 0 Å². The molecule has 2 heteroatoms. The minimum Gasteiger partial charge on any atom is -0.264 e. The Hall–Kier alpha value is -5.08. The maximum Gasteiger partial charge on any atom is 0.0704 e. The highest BCUT2D eigenvalue weighted by atomic mass is 14.7. The van der Waals surface area contributed by atoms with E-state index in [1.54, 1.807) is 0 Å². The summed E-state index contributed by atoms with van der Waals surface area (Å²) in [5.74, 6) is 0. The summed E-state index contributed by atoms with van der Waals surface area (Å²) >= 11 is 0. The molecule has 5 aromatic carbocycles. The average Bonchev–Trinajstić information content (AvgIpc) is 3.00. The molecule has 0 unspecified atom stereocenters. The minimum atomic E-state index is 0.996. The first kappa shape index (κ1) is 24.0. The molecule has 0 N–H and O–H groups in total. The molecule has 0 saturated heterocycles. The highest BCUT2D eigenvalue weighted by molar-refractivity contribution is 6.21. The second-order valence-electron chi connectivity index (χ2n) is 10.5. The summed E-state index contributed by atoms with van der Waals surface area (Å²) in [6, 6.07) is 41.7. The van der Waals surface area contributed by atoms with E-state index in [2.05, 4.69) is 133 Å². The van der Waals surface area contributed by atoms with Crippen LogP contribution in [0.4, 0.5) is 0 Å². The van der Waals surface area contributed by atoms with Crippen molar-refractivity contribution in [1.82, 2.24) is 9.97 Å². The highest BCUT2D eigenvalue weighted by Crippen LogP contribution is 2.44. The molecule has 0 bridgehead atoms. The van der Waals surface area contributed by atoms with E-state index in [-0.39, 0.29) is 0 Å². The molecule has 190 valence electrons. The summed E-state index contributed by atoms with van der Waals surface area (Å²) in [5.41, 5.74) is 11.7. The Labute approximate surface area is 234 Å². The van der Waals surface area contributed by atoms with Gasteiger partial charge in [0.05, 0.1) is 5.69 Å². The van der Waals surface area contributed by atoms with Gasteiger partial charge in [-0.3, -0.25) is 9.97 Å². The second-order valence-corrected chi connectivity index (χ2v) is 10.5. The smallest absolute Gasteiger partial charge is 0.0704 e. The van der Waals surface area contributed by atoms with Crippen LogP contribution in [-0.4, -0.2) is 9.97 Å². The van der Waals surface area contributed by atoms with Crippen LogP contribution in [0.15, 0.2) is 134 Å². The first-order valence-corrected chi connectivity index (χ1v) is 13.6. The average molecular weight is 513 g/mol. The largest absolute Gasteiger partial charge is 0.264 e. The molecule has 0 aliphatic carbocycles. The van der Waals surface area contributed by atoms with Gasteiger partial charge in [-0.15, -0.1) is 0 Å².